The number of rotatable bonds is 4. The second kappa shape index (κ2) is 7.72. The predicted octanol–water partition coefficient (Wildman–Crippen LogP) is 2.55. The molecule has 1 aliphatic heterocycles. The number of benzene rings is 2. The normalized spacial score (nSPS) is 14.2. The molecule has 1 aliphatic rings. The number of aryl methyl sites for hydroxylation is 1. The van der Waals surface area contributed by atoms with Crippen LogP contribution in [0.1, 0.15) is 16.2 Å². The van der Waals surface area contributed by atoms with Crippen molar-refractivity contribution in [3.05, 3.63) is 66.2 Å². The zero-order chi connectivity index (χ0) is 19.5. The van der Waals surface area contributed by atoms with Gasteiger partial charge in [0, 0.05) is 26.2 Å². The van der Waals surface area contributed by atoms with Gasteiger partial charge in [0.1, 0.15) is 12.1 Å². The molecule has 0 aliphatic carbocycles. The van der Waals surface area contributed by atoms with Crippen molar-refractivity contribution in [1.29, 1.82) is 0 Å². The molecule has 1 aromatic heterocycles. The Labute approximate surface area is 164 Å². The maximum atomic E-state index is 12.8. The summed E-state index contributed by atoms with van der Waals surface area (Å²) in [5, 5.41) is 4.40. The van der Waals surface area contributed by atoms with Gasteiger partial charge < -0.3 is 14.5 Å². The van der Waals surface area contributed by atoms with Gasteiger partial charge in [0.2, 0.25) is 5.82 Å². The Bertz CT molecular complexity index is 976. The first-order valence-electron chi connectivity index (χ1n) is 9.32. The summed E-state index contributed by atoms with van der Waals surface area (Å²) < 4.78 is 7.11. The lowest BCUT2D eigenvalue weighted by Crippen LogP contribution is -2.49. The summed E-state index contributed by atoms with van der Waals surface area (Å²) in [4.78, 5) is 21.1. The lowest BCUT2D eigenvalue weighted by molar-refractivity contribution is 0.0734. The second-order valence-corrected chi connectivity index (χ2v) is 6.75. The minimum atomic E-state index is -0.132. The highest BCUT2D eigenvalue weighted by Gasteiger charge is 2.26. The summed E-state index contributed by atoms with van der Waals surface area (Å²) >= 11 is 0. The van der Waals surface area contributed by atoms with Crippen LogP contribution in [0.4, 0.5) is 5.69 Å². The highest BCUT2D eigenvalue weighted by molar-refractivity contribution is 5.90. The SMILES string of the molecule is COc1ccccc1N1CCN(C(=O)c2ncn(-c3ccccc3C)n2)CC1. The van der Waals surface area contributed by atoms with Gasteiger partial charge >= 0.3 is 0 Å². The van der Waals surface area contributed by atoms with Crippen LogP contribution in [0.2, 0.25) is 0 Å². The van der Waals surface area contributed by atoms with Gasteiger partial charge in [-0.05, 0) is 30.7 Å². The van der Waals surface area contributed by atoms with E-state index in [2.05, 4.69) is 15.0 Å². The quantitative estimate of drug-likeness (QED) is 0.699. The summed E-state index contributed by atoms with van der Waals surface area (Å²) in [6, 6.07) is 15.8. The van der Waals surface area contributed by atoms with Crippen molar-refractivity contribution < 1.29 is 9.53 Å². The van der Waals surface area contributed by atoms with Gasteiger partial charge in [-0.2, -0.15) is 0 Å². The van der Waals surface area contributed by atoms with Gasteiger partial charge in [0.05, 0.1) is 18.5 Å². The van der Waals surface area contributed by atoms with Crippen molar-refractivity contribution in [2.24, 2.45) is 0 Å². The third-order valence-corrected chi connectivity index (χ3v) is 5.04. The van der Waals surface area contributed by atoms with Crippen LogP contribution in [-0.2, 0) is 0 Å². The fourth-order valence-electron chi connectivity index (χ4n) is 3.48. The fraction of sp³-hybridized carbons (Fsp3) is 0.286. The number of carbonyl (C=O) groups excluding carboxylic acids is 1. The van der Waals surface area contributed by atoms with Gasteiger partial charge in [-0.25, -0.2) is 9.67 Å². The molecule has 0 spiro atoms. The van der Waals surface area contributed by atoms with E-state index in [0.29, 0.717) is 13.1 Å². The van der Waals surface area contributed by atoms with Crippen molar-refractivity contribution in [1.82, 2.24) is 19.7 Å². The molecule has 0 atom stereocenters. The minimum Gasteiger partial charge on any atom is -0.495 e. The van der Waals surface area contributed by atoms with E-state index < -0.39 is 0 Å². The number of ether oxygens (including phenoxy) is 1. The van der Waals surface area contributed by atoms with Crippen LogP contribution in [0.5, 0.6) is 5.75 Å². The number of amides is 1. The molecule has 1 amide bonds. The zero-order valence-electron chi connectivity index (χ0n) is 16.1. The Balaban J connectivity index is 1.44. The number of methoxy groups -OCH3 is 1. The summed E-state index contributed by atoms with van der Waals surface area (Å²) in [6.45, 7) is 4.73. The van der Waals surface area contributed by atoms with Gasteiger partial charge in [0.15, 0.2) is 0 Å². The van der Waals surface area contributed by atoms with Gasteiger partial charge in [-0.3, -0.25) is 4.79 Å². The topological polar surface area (TPSA) is 63.5 Å². The largest absolute Gasteiger partial charge is 0.495 e. The Morgan fingerprint density at radius 1 is 0.964 bits per heavy atom. The smallest absolute Gasteiger partial charge is 0.293 e. The van der Waals surface area contributed by atoms with Crippen molar-refractivity contribution in [2.75, 3.05) is 38.2 Å². The molecule has 7 nitrogen and oxygen atoms in total. The third kappa shape index (κ3) is 3.43. The number of nitrogens with zero attached hydrogens (tertiary/aromatic N) is 5. The highest BCUT2D eigenvalue weighted by atomic mass is 16.5. The van der Waals surface area contributed by atoms with Gasteiger partial charge in [-0.15, -0.1) is 5.10 Å². The van der Waals surface area contributed by atoms with E-state index in [0.717, 1.165) is 35.8 Å². The number of aromatic nitrogens is 3. The molecule has 0 N–H and O–H groups in total. The van der Waals surface area contributed by atoms with E-state index in [9.17, 15) is 4.79 Å². The lowest BCUT2D eigenvalue weighted by atomic mass is 10.2. The molecule has 0 radical (unpaired) electrons. The molecule has 2 aromatic carbocycles. The van der Waals surface area contributed by atoms with Crippen LogP contribution >= 0.6 is 0 Å². The standard InChI is InChI=1S/C21H23N5O2/c1-16-7-3-4-8-17(16)26-15-22-20(23-26)21(27)25-13-11-24(12-14-25)18-9-5-6-10-19(18)28-2/h3-10,15H,11-14H2,1-2H3. The first-order chi connectivity index (χ1) is 13.7. The van der Waals surface area contributed by atoms with Crippen molar-refractivity contribution in [3.63, 3.8) is 0 Å². The monoisotopic (exact) mass is 377 g/mol. The fourth-order valence-corrected chi connectivity index (χ4v) is 3.48. The van der Waals surface area contributed by atoms with E-state index in [4.69, 9.17) is 4.74 Å². The number of hydrogen-bond acceptors (Lipinski definition) is 5. The molecule has 1 fully saturated rings. The maximum Gasteiger partial charge on any atom is 0.293 e. The van der Waals surface area contributed by atoms with Crippen LogP contribution in [0.3, 0.4) is 0 Å². The molecule has 0 unspecified atom stereocenters. The van der Waals surface area contributed by atoms with Crippen LogP contribution in [0, 0.1) is 6.92 Å². The molecular formula is C21H23N5O2. The van der Waals surface area contributed by atoms with Crippen LogP contribution < -0.4 is 9.64 Å². The zero-order valence-corrected chi connectivity index (χ0v) is 16.1. The van der Waals surface area contributed by atoms with Crippen LogP contribution in [-0.4, -0.2) is 58.9 Å². The molecule has 2 heterocycles. The molecule has 0 bridgehead atoms. The molecular weight excluding hydrogens is 354 g/mol. The van der Waals surface area contributed by atoms with Crippen LogP contribution in [0.15, 0.2) is 54.9 Å². The number of carbonyl (C=O) groups is 1. The number of hydrogen-bond donors (Lipinski definition) is 0. The predicted molar refractivity (Wildman–Crippen MR) is 107 cm³/mol. The average Bonchev–Trinajstić information content (AvgIpc) is 3.23. The molecule has 28 heavy (non-hydrogen) atoms. The Hall–Kier alpha value is -3.35. The second-order valence-electron chi connectivity index (χ2n) is 6.75. The van der Waals surface area contributed by atoms with Crippen molar-refractivity contribution in [3.8, 4) is 11.4 Å². The molecule has 0 saturated carbocycles. The lowest BCUT2D eigenvalue weighted by Gasteiger charge is -2.36. The van der Waals surface area contributed by atoms with Crippen LogP contribution in [0.25, 0.3) is 5.69 Å². The first kappa shape index (κ1) is 18.0. The summed E-state index contributed by atoms with van der Waals surface area (Å²) in [6.07, 6.45) is 1.60. The van der Waals surface area contributed by atoms with Gasteiger partial charge in [-0.1, -0.05) is 30.3 Å². The Morgan fingerprint density at radius 3 is 2.36 bits per heavy atom. The van der Waals surface area contributed by atoms with Crippen molar-refractivity contribution in [2.45, 2.75) is 6.92 Å². The summed E-state index contributed by atoms with van der Waals surface area (Å²) in [5.41, 5.74) is 3.06. The Morgan fingerprint density at radius 2 is 1.64 bits per heavy atom. The molecule has 1 saturated heterocycles. The first-order valence-corrected chi connectivity index (χ1v) is 9.32. The van der Waals surface area contributed by atoms with Gasteiger partial charge in [0.25, 0.3) is 5.91 Å². The average molecular weight is 377 g/mol. The highest BCUT2D eigenvalue weighted by Crippen LogP contribution is 2.28. The molecule has 7 heteroatoms. The number of para-hydroxylation sites is 3. The number of anilines is 1. The Kier molecular flexibility index (Phi) is 4.97. The third-order valence-electron chi connectivity index (χ3n) is 5.04. The summed E-state index contributed by atoms with van der Waals surface area (Å²) in [7, 11) is 1.68. The maximum absolute atomic E-state index is 12.8. The van der Waals surface area contributed by atoms with Crippen molar-refractivity contribution >= 4 is 11.6 Å². The van der Waals surface area contributed by atoms with E-state index in [1.165, 1.54) is 0 Å². The van der Waals surface area contributed by atoms with E-state index in [-0.39, 0.29) is 11.7 Å². The molecule has 144 valence electrons. The molecule has 4 rings (SSSR count). The van der Waals surface area contributed by atoms with E-state index >= 15 is 0 Å². The van der Waals surface area contributed by atoms with E-state index in [1.807, 2.05) is 60.4 Å². The summed E-state index contributed by atoms with van der Waals surface area (Å²) in [5.74, 6) is 0.946. The number of piperazine rings is 1. The van der Waals surface area contributed by atoms with E-state index in [1.54, 1.807) is 18.1 Å². The molecule has 3 aromatic rings. The minimum absolute atomic E-state index is 0.132.